The molecule has 5 nitrogen and oxygen atoms in total. The van der Waals surface area contributed by atoms with Crippen molar-refractivity contribution in [3.63, 3.8) is 0 Å². The molecule has 7 heteroatoms. The van der Waals surface area contributed by atoms with Crippen LogP contribution in [-0.2, 0) is 6.54 Å². The molecule has 3 aromatic rings. The largest absolute Gasteiger partial charge is 0.363 e. The van der Waals surface area contributed by atoms with Crippen molar-refractivity contribution in [3.05, 3.63) is 58.3 Å². The Labute approximate surface area is 188 Å². The predicted molar refractivity (Wildman–Crippen MR) is 132 cm³/mol. The molecule has 0 aliphatic carbocycles. The molecule has 2 heterocycles. The van der Waals surface area contributed by atoms with Gasteiger partial charge in [-0.3, -0.25) is 4.99 Å². The zero-order valence-electron chi connectivity index (χ0n) is 16.8. The Bertz CT molecular complexity index is 908. The zero-order valence-corrected chi connectivity index (χ0v) is 19.9. The summed E-state index contributed by atoms with van der Waals surface area (Å²) in [6.45, 7) is 3.77. The number of anilines is 1. The summed E-state index contributed by atoms with van der Waals surface area (Å²) in [7, 11) is 5.84. The predicted octanol–water partition coefficient (Wildman–Crippen LogP) is 4.45. The Hall–Kier alpha value is -1.87. The summed E-state index contributed by atoms with van der Waals surface area (Å²) < 4.78 is 0. The Balaban J connectivity index is 0.00000280. The van der Waals surface area contributed by atoms with Crippen LogP contribution in [0.15, 0.2) is 52.8 Å². The second kappa shape index (κ2) is 10.6. The number of nitrogens with zero attached hydrogens (tertiary/aromatic N) is 3. The Morgan fingerprint density at radius 2 is 1.96 bits per heavy atom. The van der Waals surface area contributed by atoms with Gasteiger partial charge in [0.1, 0.15) is 5.82 Å². The van der Waals surface area contributed by atoms with Gasteiger partial charge in [0.15, 0.2) is 5.96 Å². The molecule has 28 heavy (non-hydrogen) atoms. The van der Waals surface area contributed by atoms with Gasteiger partial charge in [-0.25, -0.2) is 4.98 Å². The molecule has 0 spiro atoms. The molecule has 0 aliphatic rings. The second-order valence-corrected chi connectivity index (χ2v) is 7.75. The summed E-state index contributed by atoms with van der Waals surface area (Å²) in [5.74, 6) is 2.22. The van der Waals surface area contributed by atoms with Gasteiger partial charge in [-0.2, -0.15) is 0 Å². The first-order valence-electron chi connectivity index (χ1n) is 9.12. The number of aliphatic imine (C=N–C) groups is 1. The SMILES string of the molecule is CN=C(NCc1cc(N(C)C)nc2ccccc12)NCC(C)c1cccs1.I. The first-order chi connectivity index (χ1) is 13.1. The quantitative estimate of drug-likeness (QED) is 0.293. The van der Waals surface area contributed by atoms with E-state index in [1.54, 1.807) is 18.4 Å². The van der Waals surface area contributed by atoms with Crippen molar-refractivity contribution in [2.45, 2.75) is 19.4 Å². The molecule has 0 radical (unpaired) electrons. The number of hydrogen-bond donors (Lipinski definition) is 2. The van der Waals surface area contributed by atoms with Crippen molar-refractivity contribution in [2.24, 2.45) is 4.99 Å². The molecule has 0 saturated heterocycles. The third kappa shape index (κ3) is 5.57. The van der Waals surface area contributed by atoms with Crippen LogP contribution < -0.4 is 15.5 Å². The summed E-state index contributed by atoms with van der Waals surface area (Å²) >= 11 is 1.79. The maximum Gasteiger partial charge on any atom is 0.191 e. The lowest BCUT2D eigenvalue weighted by Gasteiger charge is -2.18. The molecule has 2 N–H and O–H groups in total. The van der Waals surface area contributed by atoms with Crippen LogP contribution >= 0.6 is 35.3 Å². The summed E-state index contributed by atoms with van der Waals surface area (Å²) in [4.78, 5) is 12.5. The molecule has 0 saturated carbocycles. The van der Waals surface area contributed by atoms with E-state index >= 15 is 0 Å². The number of pyridine rings is 1. The van der Waals surface area contributed by atoms with Crippen molar-refractivity contribution in [3.8, 4) is 0 Å². The minimum absolute atomic E-state index is 0. The van der Waals surface area contributed by atoms with Crippen molar-refractivity contribution in [2.75, 3.05) is 32.6 Å². The molecule has 1 atom stereocenters. The van der Waals surface area contributed by atoms with Gasteiger partial charge in [0.25, 0.3) is 0 Å². The van der Waals surface area contributed by atoms with Crippen LogP contribution in [0.1, 0.15) is 23.3 Å². The van der Waals surface area contributed by atoms with Gasteiger partial charge in [-0.05, 0) is 29.1 Å². The number of guanidine groups is 1. The van der Waals surface area contributed by atoms with Gasteiger partial charge < -0.3 is 15.5 Å². The molecule has 2 aromatic heterocycles. The summed E-state index contributed by atoms with van der Waals surface area (Å²) in [6, 6.07) is 14.7. The highest BCUT2D eigenvalue weighted by molar-refractivity contribution is 14.0. The van der Waals surface area contributed by atoms with Gasteiger partial charge in [-0.1, -0.05) is 31.2 Å². The van der Waals surface area contributed by atoms with E-state index in [0.29, 0.717) is 12.5 Å². The van der Waals surface area contributed by atoms with E-state index in [4.69, 9.17) is 4.98 Å². The third-order valence-corrected chi connectivity index (χ3v) is 5.62. The number of hydrogen-bond acceptors (Lipinski definition) is 4. The summed E-state index contributed by atoms with van der Waals surface area (Å²) in [5.41, 5.74) is 2.22. The van der Waals surface area contributed by atoms with Crippen LogP contribution in [0.5, 0.6) is 0 Å². The molecule has 0 fully saturated rings. The van der Waals surface area contributed by atoms with E-state index < -0.39 is 0 Å². The van der Waals surface area contributed by atoms with E-state index in [-0.39, 0.29) is 24.0 Å². The number of benzene rings is 1. The highest BCUT2D eigenvalue weighted by Crippen LogP contribution is 2.22. The highest BCUT2D eigenvalue weighted by atomic mass is 127. The van der Waals surface area contributed by atoms with Crippen LogP contribution in [0.25, 0.3) is 10.9 Å². The van der Waals surface area contributed by atoms with Crippen molar-refractivity contribution < 1.29 is 0 Å². The Morgan fingerprint density at radius 1 is 1.18 bits per heavy atom. The van der Waals surface area contributed by atoms with E-state index in [0.717, 1.165) is 29.2 Å². The molecular formula is C21H28IN5S. The number of nitrogens with one attached hydrogen (secondary N) is 2. The highest BCUT2D eigenvalue weighted by Gasteiger charge is 2.10. The van der Waals surface area contributed by atoms with Gasteiger partial charge >= 0.3 is 0 Å². The van der Waals surface area contributed by atoms with E-state index in [1.165, 1.54) is 10.4 Å². The molecule has 0 aliphatic heterocycles. The monoisotopic (exact) mass is 509 g/mol. The van der Waals surface area contributed by atoms with Crippen LogP contribution in [-0.4, -0.2) is 38.6 Å². The molecule has 0 bridgehead atoms. The summed E-state index contributed by atoms with van der Waals surface area (Å²) in [6.07, 6.45) is 0. The number of para-hydroxylation sites is 1. The fourth-order valence-electron chi connectivity index (χ4n) is 2.93. The lowest BCUT2D eigenvalue weighted by Crippen LogP contribution is -2.38. The van der Waals surface area contributed by atoms with Crippen molar-refractivity contribution in [1.82, 2.24) is 15.6 Å². The number of fused-ring (bicyclic) bond motifs is 1. The molecule has 1 aromatic carbocycles. The fraction of sp³-hybridized carbons (Fsp3) is 0.333. The molecule has 1 unspecified atom stereocenters. The van der Waals surface area contributed by atoms with Crippen molar-refractivity contribution >= 4 is 58.0 Å². The summed E-state index contributed by atoms with van der Waals surface area (Å²) in [5, 5.41) is 10.2. The maximum absolute atomic E-state index is 4.72. The topological polar surface area (TPSA) is 52.6 Å². The normalized spacial score (nSPS) is 12.4. The van der Waals surface area contributed by atoms with E-state index in [9.17, 15) is 0 Å². The van der Waals surface area contributed by atoms with Crippen LogP contribution in [0.4, 0.5) is 5.82 Å². The average molecular weight is 509 g/mol. The van der Waals surface area contributed by atoms with Gasteiger partial charge in [-0.15, -0.1) is 35.3 Å². The lowest BCUT2D eigenvalue weighted by atomic mass is 10.1. The number of aromatic nitrogens is 1. The second-order valence-electron chi connectivity index (χ2n) is 6.77. The van der Waals surface area contributed by atoms with Gasteiger partial charge in [0.05, 0.1) is 5.52 Å². The molecule has 3 rings (SSSR count). The number of thiophene rings is 1. The fourth-order valence-corrected chi connectivity index (χ4v) is 3.72. The van der Waals surface area contributed by atoms with E-state index in [2.05, 4.69) is 64.3 Å². The van der Waals surface area contributed by atoms with Crippen LogP contribution in [0.3, 0.4) is 0 Å². The Kier molecular flexibility index (Phi) is 8.50. The number of rotatable bonds is 6. The zero-order chi connectivity index (χ0) is 19.2. The standard InChI is InChI=1S/C21H27N5S.HI/c1-15(19-10-7-11-27-19)13-23-21(22-2)24-14-16-12-20(26(3)4)25-18-9-6-5-8-17(16)18;/h5-12,15H,13-14H2,1-4H3,(H2,22,23,24);1H. The molecular weight excluding hydrogens is 481 g/mol. The van der Waals surface area contributed by atoms with Gasteiger partial charge in [0.2, 0.25) is 0 Å². The first-order valence-corrected chi connectivity index (χ1v) is 10.0. The van der Waals surface area contributed by atoms with Gasteiger partial charge in [0, 0.05) is 50.4 Å². The molecule has 150 valence electrons. The maximum atomic E-state index is 4.72. The average Bonchev–Trinajstić information content (AvgIpc) is 3.22. The lowest BCUT2D eigenvalue weighted by molar-refractivity contribution is 0.709. The minimum atomic E-state index is 0. The van der Waals surface area contributed by atoms with Crippen LogP contribution in [0.2, 0.25) is 0 Å². The molecule has 0 amide bonds. The first kappa shape index (κ1) is 22.4. The Morgan fingerprint density at radius 3 is 2.64 bits per heavy atom. The van der Waals surface area contributed by atoms with E-state index in [1.807, 2.05) is 25.1 Å². The smallest absolute Gasteiger partial charge is 0.191 e. The third-order valence-electron chi connectivity index (χ3n) is 4.52. The number of halogens is 1. The van der Waals surface area contributed by atoms with Crippen molar-refractivity contribution in [1.29, 1.82) is 0 Å². The minimum Gasteiger partial charge on any atom is -0.363 e. The van der Waals surface area contributed by atoms with Crippen LogP contribution in [0, 0.1) is 0 Å².